The molecule has 1 aromatic rings. The van der Waals surface area contributed by atoms with Crippen LogP contribution >= 0.6 is 0 Å². The predicted octanol–water partition coefficient (Wildman–Crippen LogP) is 1.88. The maximum atomic E-state index is 12.2. The van der Waals surface area contributed by atoms with E-state index in [9.17, 15) is 4.79 Å². The highest BCUT2D eigenvalue weighted by atomic mass is 16.5. The van der Waals surface area contributed by atoms with E-state index in [0.29, 0.717) is 0 Å². The van der Waals surface area contributed by atoms with E-state index >= 15 is 0 Å². The minimum Gasteiger partial charge on any atom is -0.489 e. The van der Waals surface area contributed by atoms with Crippen molar-refractivity contribution in [2.45, 2.75) is 43.9 Å². The van der Waals surface area contributed by atoms with Gasteiger partial charge in [-0.2, -0.15) is 0 Å². The first kappa shape index (κ1) is 17.6. The Hall–Kier alpha value is -1.79. The summed E-state index contributed by atoms with van der Waals surface area (Å²) in [4.78, 5) is 16.6. The summed E-state index contributed by atoms with van der Waals surface area (Å²) in [6, 6.07) is 8.57. The minimum absolute atomic E-state index is 0.0588. The van der Waals surface area contributed by atoms with Gasteiger partial charge in [0.25, 0.3) is 0 Å². The van der Waals surface area contributed by atoms with Crippen molar-refractivity contribution in [3.05, 3.63) is 29.8 Å². The van der Waals surface area contributed by atoms with Crippen molar-refractivity contribution in [2.75, 3.05) is 39.8 Å². The Bertz CT molecular complexity index is 638. The second-order valence-electron chi connectivity index (χ2n) is 7.55. The van der Waals surface area contributed by atoms with E-state index in [2.05, 4.69) is 28.4 Å². The molecule has 6 nitrogen and oxygen atoms in total. The molecule has 3 unspecified atom stereocenters. The van der Waals surface area contributed by atoms with E-state index in [1.165, 1.54) is 5.56 Å². The molecule has 0 saturated carbocycles. The number of nitrogens with zero attached hydrogens (tertiary/aromatic N) is 2. The lowest BCUT2D eigenvalue weighted by Gasteiger charge is -2.45. The van der Waals surface area contributed by atoms with Crippen LogP contribution in [0.15, 0.2) is 24.3 Å². The van der Waals surface area contributed by atoms with Gasteiger partial charge < -0.3 is 19.7 Å². The van der Waals surface area contributed by atoms with Gasteiger partial charge in [-0.15, -0.1) is 0 Å². The molecular formula is C20H29N3O3. The first-order chi connectivity index (χ1) is 12.7. The molecule has 0 spiro atoms. The highest BCUT2D eigenvalue weighted by Crippen LogP contribution is 2.28. The summed E-state index contributed by atoms with van der Waals surface area (Å²) in [5.74, 6) is 1.03. The lowest BCUT2D eigenvalue weighted by atomic mass is 9.97. The molecule has 3 atom stereocenters. The molecule has 3 heterocycles. The average Bonchev–Trinajstić information content (AvgIpc) is 2.68. The van der Waals surface area contributed by atoms with Crippen molar-refractivity contribution in [3.8, 4) is 5.75 Å². The number of amides is 2. The van der Waals surface area contributed by atoms with Gasteiger partial charge in [0.05, 0.1) is 12.1 Å². The van der Waals surface area contributed by atoms with Gasteiger partial charge in [0.15, 0.2) is 0 Å². The molecule has 0 bridgehead atoms. The average molecular weight is 359 g/mol. The number of piperidine rings is 1. The molecule has 0 aromatic heterocycles. The largest absolute Gasteiger partial charge is 0.489 e. The zero-order valence-corrected chi connectivity index (χ0v) is 15.5. The summed E-state index contributed by atoms with van der Waals surface area (Å²) < 4.78 is 12.0. The summed E-state index contributed by atoms with van der Waals surface area (Å²) in [5, 5.41) is 2.96. The maximum absolute atomic E-state index is 12.2. The number of fused-ring (bicyclic) bond motifs is 1. The van der Waals surface area contributed by atoms with Crippen molar-refractivity contribution in [1.29, 1.82) is 0 Å². The molecule has 2 amide bonds. The van der Waals surface area contributed by atoms with Crippen molar-refractivity contribution < 1.29 is 14.3 Å². The van der Waals surface area contributed by atoms with Gasteiger partial charge in [-0.25, -0.2) is 4.79 Å². The quantitative estimate of drug-likeness (QED) is 0.892. The number of aryl methyl sites for hydroxylation is 1. The Kier molecular flexibility index (Phi) is 5.31. The smallest absolute Gasteiger partial charge is 0.317 e. The van der Waals surface area contributed by atoms with Crippen LogP contribution in [0.4, 0.5) is 4.79 Å². The maximum Gasteiger partial charge on any atom is 0.317 e. The molecule has 3 aliphatic heterocycles. The molecule has 1 aromatic carbocycles. The zero-order chi connectivity index (χ0) is 17.9. The summed E-state index contributed by atoms with van der Waals surface area (Å²) in [7, 11) is 1.76. The standard InChI is InChI=1S/C20H29N3O3/c1-25-19-14-22(12-9-17(19)23-11-4-10-21-20(23)24)13-16-8-7-15-5-2-3-6-18(15)26-16/h2-3,5-6,16-17,19H,4,7-14H2,1H3,(H,21,24). The molecule has 3 aliphatic rings. The number of rotatable bonds is 4. The fourth-order valence-electron chi connectivity index (χ4n) is 4.48. The second-order valence-corrected chi connectivity index (χ2v) is 7.55. The number of ether oxygens (including phenoxy) is 2. The Labute approximate surface area is 155 Å². The van der Waals surface area contributed by atoms with E-state index in [0.717, 1.165) is 64.2 Å². The lowest BCUT2D eigenvalue weighted by Crippen LogP contribution is -2.61. The first-order valence-corrected chi connectivity index (χ1v) is 9.79. The van der Waals surface area contributed by atoms with Crippen LogP contribution < -0.4 is 10.1 Å². The molecule has 2 saturated heterocycles. The van der Waals surface area contributed by atoms with Gasteiger partial charge in [0, 0.05) is 39.8 Å². The lowest BCUT2D eigenvalue weighted by molar-refractivity contribution is -0.0366. The van der Waals surface area contributed by atoms with Crippen molar-refractivity contribution in [3.63, 3.8) is 0 Å². The fourth-order valence-corrected chi connectivity index (χ4v) is 4.48. The number of nitrogens with one attached hydrogen (secondary N) is 1. The van der Waals surface area contributed by atoms with E-state index in [1.807, 2.05) is 11.0 Å². The third-order valence-corrected chi connectivity index (χ3v) is 5.89. The molecule has 0 aliphatic carbocycles. The first-order valence-electron chi connectivity index (χ1n) is 9.79. The Morgan fingerprint density at radius 3 is 3.00 bits per heavy atom. The van der Waals surface area contributed by atoms with E-state index in [1.54, 1.807) is 7.11 Å². The van der Waals surface area contributed by atoms with Crippen molar-refractivity contribution in [1.82, 2.24) is 15.1 Å². The number of hydrogen-bond donors (Lipinski definition) is 1. The molecule has 26 heavy (non-hydrogen) atoms. The van der Waals surface area contributed by atoms with Gasteiger partial charge >= 0.3 is 6.03 Å². The van der Waals surface area contributed by atoms with Crippen LogP contribution in [0.25, 0.3) is 0 Å². The van der Waals surface area contributed by atoms with Crippen LogP contribution in [0.1, 0.15) is 24.8 Å². The fraction of sp³-hybridized carbons (Fsp3) is 0.650. The summed E-state index contributed by atoms with van der Waals surface area (Å²) in [6.45, 7) is 4.38. The Morgan fingerprint density at radius 1 is 1.27 bits per heavy atom. The number of carbonyl (C=O) groups excluding carboxylic acids is 1. The van der Waals surface area contributed by atoms with E-state index < -0.39 is 0 Å². The molecule has 6 heteroatoms. The SMILES string of the molecule is COC1CN(CC2CCc3ccccc3O2)CCC1N1CCCNC1=O. The number of urea groups is 1. The van der Waals surface area contributed by atoms with Gasteiger partial charge in [-0.05, 0) is 37.3 Å². The third-order valence-electron chi connectivity index (χ3n) is 5.89. The molecule has 4 rings (SSSR count). The van der Waals surface area contributed by atoms with Crippen LogP contribution in [-0.4, -0.2) is 73.9 Å². The Balaban J connectivity index is 1.35. The normalized spacial score (nSPS) is 29.7. The van der Waals surface area contributed by atoms with Crippen LogP contribution in [0.3, 0.4) is 0 Å². The van der Waals surface area contributed by atoms with Crippen molar-refractivity contribution in [2.24, 2.45) is 0 Å². The highest BCUT2D eigenvalue weighted by molar-refractivity contribution is 5.75. The second kappa shape index (κ2) is 7.84. The zero-order valence-electron chi connectivity index (χ0n) is 15.5. The van der Waals surface area contributed by atoms with Crippen LogP contribution in [0.5, 0.6) is 5.75 Å². The molecule has 2 fully saturated rings. The summed E-state index contributed by atoms with van der Waals surface area (Å²) >= 11 is 0. The monoisotopic (exact) mass is 359 g/mol. The van der Waals surface area contributed by atoms with E-state index in [4.69, 9.17) is 9.47 Å². The van der Waals surface area contributed by atoms with Crippen LogP contribution in [0.2, 0.25) is 0 Å². The van der Waals surface area contributed by atoms with Crippen LogP contribution in [-0.2, 0) is 11.2 Å². The number of likely N-dealkylation sites (tertiary alicyclic amines) is 1. The van der Waals surface area contributed by atoms with Crippen molar-refractivity contribution >= 4 is 6.03 Å². The molecule has 0 radical (unpaired) electrons. The number of methoxy groups -OCH3 is 1. The topological polar surface area (TPSA) is 54.0 Å². The molecule has 142 valence electrons. The number of benzene rings is 1. The summed E-state index contributed by atoms with van der Waals surface area (Å²) in [5.41, 5.74) is 1.31. The third kappa shape index (κ3) is 3.67. The predicted molar refractivity (Wildman–Crippen MR) is 99.5 cm³/mol. The molecule has 1 N–H and O–H groups in total. The highest BCUT2D eigenvalue weighted by Gasteiger charge is 2.37. The van der Waals surface area contributed by atoms with Gasteiger partial charge in [0.2, 0.25) is 0 Å². The van der Waals surface area contributed by atoms with Gasteiger partial charge in [0.1, 0.15) is 11.9 Å². The number of carbonyl (C=O) groups is 1. The summed E-state index contributed by atoms with van der Waals surface area (Å²) in [6.07, 6.45) is 4.40. The number of para-hydroxylation sites is 1. The minimum atomic E-state index is 0.0588. The number of hydrogen-bond acceptors (Lipinski definition) is 4. The van der Waals surface area contributed by atoms with E-state index in [-0.39, 0.29) is 24.3 Å². The van der Waals surface area contributed by atoms with Gasteiger partial charge in [-0.3, -0.25) is 4.90 Å². The van der Waals surface area contributed by atoms with Crippen LogP contribution in [0, 0.1) is 0 Å². The van der Waals surface area contributed by atoms with Gasteiger partial charge in [-0.1, -0.05) is 18.2 Å². The molecular weight excluding hydrogens is 330 g/mol. The Morgan fingerprint density at radius 2 is 2.15 bits per heavy atom.